The van der Waals surface area contributed by atoms with Gasteiger partial charge in [0.2, 0.25) is 0 Å². The van der Waals surface area contributed by atoms with Gasteiger partial charge in [-0.05, 0) is 31.2 Å². The normalized spacial score (nSPS) is 12.4. The molecular weight excluding hydrogens is 366 g/mol. The molecule has 1 atom stereocenters. The standard InChI is InChI=1S/C20H16F2N4O2/c1-10(18-12-8-14(21)15(22)9-13(12)19(27)25-24-18)26(2)20(28)17-7-11-5-3-4-6-16(11)23-17/h3-10,23H,1-2H3,(H,25,27)/t10-/m0/s1. The van der Waals surface area contributed by atoms with Crippen molar-refractivity contribution >= 4 is 27.6 Å². The van der Waals surface area contributed by atoms with Gasteiger partial charge in [0, 0.05) is 23.3 Å². The predicted molar refractivity (Wildman–Crippen MR) is 101 cm³/mol. The van der Waals surface area contributed by atoms with Crippen LogP contribution in [0.1, 0.15) is 29.1 Å². The van der Waals surface area contributed by atoms with Crippen LogP contribution in [0, 0.1) is 11.6 Å². The Morgan fingerprint density at radius 3 is 2.50 bits per heavy atom. The number of halogens is 2. The summed E-state index contributed by atoms with van der Waals surface area (Å²) in [5.74, 6) is -2.50. The van der Waals surface area contributed by atoms with Crippen molar-refractivity contribution in [1.29, 1.82) is 0 Å². The number of carbonyl (C=O) groups excluding carboxylic acids is 1. The van der Waals surface area contributed by atoms with Gasteiger partial charge >= 0.3 is 0 Å². The van der Waals surface area contributed by atoms with Gasteiger partial charge in [-0.15, -0.1) is 0 Å². The first-order valence-corrected chi connectivity index (χ1v) is 8.59. The Morgan fingerprint density at radius 2 is 1.79 bits per heavy atom. The SMILES string of the molecule is C[C@@H](c1n[nH]c(=O)c2cc(F)c(F)cc12)N(C)C(=O)c1cc2ccccc2[nH]1. The quantitative estimate of drug-likeness (QED) is 0.569. The molecule has 2 aromatic carbocycles. The van der Waals surface area contributed by atoms with Crippen molar-refractivity contribution in [3.05, 3.63) is 75.8 Å². The molecule has 0 aliphatic carbocycles. The van der Waals surface area contributed by atoms with Gasteiger partial charge in [-0.1, -0.05) is 18.2 Å². The number of benzene rings is 2. The van der Waals surface area contributed by atoms with Crippen molar-refractivity contribution < 1.29 is 13.6 Å². The molecule has 0 unspecified atom stereocenters. The lowest BCUT2D eigenvalue weighted by Gasteiger charge is -2.24. The number of hydrogen-bond acceptors (Lipinski definition) is 3. The van der Waals surface area contributed by atoms with E-state index in [9.17, 15) is 18.4 Å². The van der Waals surface area contributed by atoms with Crippen LogP contribution in [-0.2, 0) is 0 Å². The van der Waals surface area contributed by atoms with Crippen LogP contribution in [0.15, 0.2) is 47.3 Å². The number of H-pyrrole nitrogens is 2. The zero-order chi connectivity index (χ0) is 20.0. The molecule has 28 heavy (non-hydrogen) atoms. The van der Waals surface area contributed by atoms with E-state index in [1.807, 2.05) is 24.3 Å². The van der Waals surface area contributed by atoms with Crippen molar-refractivity contribution in [2.45, 2.75) is 13.0 Å². The molecule has 142 valence electrons. The molecule has 8 heteroatoms. The number of nitrogens with one attached hydrogen (secondary N) is 2. The van der Waals surface area contributed by atoms with E-state index in [2.05, 4.69) is 15.2 Å². The van der Waals surface area contributed by atoms with Gasteiger partial charge in [0.05, 0.1) is 17.1 Å². The highest BCUT2D eigenvalue weighted by Crippen LogP contribution is 2.26. The van der Waals surface area contributed by atoms with Crippen LogP contribution >= 0.6 is 0 Å². The van der Waals surface area contributed by atoms with Crippen LogP contribution in [0.25, 0.3) is 21.7 Å². The van der Waals surface area contributed by atoms with Crippen molar-refractivity contribution in [2.75, 3.05) is 7.05 Å². The first-order chi connectivity index (χ1) is 13.4. The van der Waals surface area contributed by atoms with Crippen molar-refractivity contribution in [3.8, 4) is 0 Å². The van der Waals surface area contributed by atoms with Crippen molar-refractivity contribution in [2.24, 2.45) is 0 Å². The highest BCUT2D eigenvalue weighted by atomic mass is 19.2. The zero-order valence-electron chi connectivity index (χ0n) is 15.1. The first-order valence-electron chi connectivity index (χ1n) is 8.59. The molecule has 0 aliphatic heterocycles. The third-order valence-electron chi connectivity index (χ3n) is 4.92. The average molecular weight is 382 g/mol. The lowest BCUT2D eigenvalue weighted by atomic mass is 10.1. The predicted octanol–water partition coefficient (Wildman–Crippen LogP) is 3.52. The second-order valence-corrected chi connectivity index (χ2v) is 6.61. The Labute approximate surface area is 157 Å². The smallest absolute Gasteiger partial charge is 0.272 e. The van der Waals surface area contributed by atoms with E-state index in [1.54, 1.807) is 20.0 Å². The summed E-state index contributed by atoms with van der Waals surface area (Å²) < 4.78 is 27.3. The molecule has 1 amide bonds. The van der Waals surface area contributed by atoms with E-state index in [4.69, 9.17) is 0 Å². The van der Waals surface area contributed by atoms with Crippen LogP contribution in [0.5, 0.6) is 0 Å². The molecule has 2 aromatic heterocycles. The number of fused-ring (bicyclic) bond motifs is 2. The molecule has 0 radical (unpaired) electrons. The summed E-state index contributed by atoms with van der Waals surface area (Å²) in [6.45, 7) is 1.70. The van der Waals surface area contributed by atoms with Crippen LogP contribution < -0.4 is 5.56 Å². The Bertz CT molecular complexity index is 1250. The molecule has 0 spiro atoms. The van der Waals surface area contributed by atoms with Crippen LogP contribution in [0.4, 0.5) is 8.78 Å². The Balaban J connectivity index is 1.75. The van der Waals surface area contributed by atoms with Gasteiger partial charge in [0.15, 0.2) is 11.6 Å². The van der Waals surface area contributed by atoms with Gasteiger partial charge < -0.3 is 9.88 Å². The molecular formula is C20H16F2N4O2. The summed E-state index contributed by atoms with van der Waals surface area (Å²) in [6, 6.07) is 10.4. The van der Waals surface area contributed by atoms with Gasteiger partial charge in [-0.2, -0.15) is 5.10 Å². The highest BCUT2D eigenvalue weighted by Gasteiger charge is 2.24. The lowest BCUT2D eigenvalue weighted by molar-refractivity contribution is 0.0735. The molecule has 0 bridgehead atoms. The summed E-state index contributed by atoms with van der Waals surface area (Å²) in [4.78, 5) is 29.4. The third-order valence-corrected chi connectivity index (χ3v) is 4.92. The number of rotatable bonds is 3. The van der Waals surface area contributed by atoms with Gasteiger partial charge in [-0.25, -0.2) is 13.9 Å². The topological polar surface area (TPSA) is 81.8 Å². The largest absolute Gasteiger partial charge is 0.351 e. The fourth-order valence-corrected chi connectivity index (χ4v) is 3.23. The summed E-state index contributed by atoms with van der Waals surface area (Å²) >= 11 is 0. The van der Waals surface area contributed by atoms with E-state index in [-0.39, 0.29) is 22.4 Å². The van der Waals surface area contributed by atoms with Gasteiger partial charge in [0.25, 0.3) is 11.5 Å². The zero-order valence-corrected chi connectivity index (χ0v) is 15.1. The van der Waals surface area contributed by atoms with E-state index < -0.39 is 23.2 Å². The minimum absolute atomic E-state index is 0.0257. The van der Waals surface area contributed by atoms with E-state index >= 15 is 0 Å². The van der Waals surface area contributed by atoms with E-state index in [1.165, 1.54) is 4.90 Å². The molecule has 0 saturated heterocycles. The summed E-state index contributed by atoms with van der Waals surface area (Å²) in [7, 11) is 1.58. The molecule has 4 aromatic rings. The molecule has 4 rings (SSSR count). The van der Waals surface area contributed by atoms with Crippen molar-refractivity contribution in [3.63, 3.8) is 0 Å². The molecule has 0 fully saturated rings. The second-order valence-electron chi connectivity index (χ2n) is 6.61. The third kappa shape index (κ3) is 2.83. The summed E-state index contributed by atoms with van der Waals surface area (Å²) in [5.41, 5.74) is 0.855. The fraction of sp³-hybridized carbons (Fsp3) is 0.150. The minimum atomic E-state index is -1.12. The summed E-state index contributed by atoms with van der Waals surface area (Å²) in [5, 5.41) is 7.30. The average Bonchev–Trinajstić information content (AvgIpc) is 3.12. The van der Waals surface area contributed by atoms with Crippen LogP contribution in [-0.4, -0.2) is 33.0 Å². The Kier molecular flexibility index (Phi) is 4.18. The highest BCUT2D eigenvalue weighted by molar-refractivity contribution is 5.98. The Hall–Kier alpha value is -3.55. The maximum absolute atomic E-state index is 13.8. The van der Waals surface area contributed by atoms with Gasteiger partial charge in [-0.3, -0.25) is 9.59 Å². The fourth-order valence-electron chi connectivity index (χ4n) is 3.23. The minimum Gasteiger partial charge on any atom is -0.351 e. The van der Waals surface area contributed by atoms with Crippen molar-refractivity contribution in [1.82, 2.24) is 20.1 Å². The van der Waals surface area contributed by atoms with Crippen LogP contribution in [0.2, 0.25) is 0 Å². The number of hydrogen-bond donors (Lipinski definition) is 2. The van der Waals surface area contributed by atoms with E-state index in [0.717, 1.165) is 23.0 Å². The number of amides is 1. The molecule has 2 heterocycles. The number of carbonyl (C=O) groups is 1. The second kappa shape index (κ2) is 6.56. The maximum atomic E-state index is 13.8. The summed E-state index contributed by atoms with van der Waals surface area (Å²) in [6.07, 6.45) is 0. The monoisotopic (exact) mass is 382 g/mol. The first kappa shape index (κ1) is 17.8. The lowest BCUT2D eigenvalue weighted by Crippen LogP contribution is -2.31. The molecule has 6 nitrogen and oxygen atoms in total. The van der Waals surface area contributed by atoms with Gasteiger partial charge in [0.1, 0.15) is 5.69 Å². The number of para-hydroxylation sites is 1. The maximum Gasteiger partial charge on any atom is 0.272 e. The van der Waals surface area contributed by atoms with Crippen LogP contribution in [0.3, 0.4) is 0 Å². The Morgan fingerprint density at radius 1 is 1.11 bits per heavy atom. The molecule has 2 N–H and O–H groups in total. The number of aromatic nitrogens is 3. The van der Waals surface area contributed by atoms with E-state index in [0.29, 0.717) is 5.69 Å². The number of nitrogens with zero attached hydrogens (tertiary/aromatic N) is 2. The molecule has 0 aliphatic rings. The number of aromatic amines is 2. The molecule has 0 saturated carbocycles.